The van der Waals surface area contributed by atoms with Crippen molar-refractivity contribution in [1.82, 2.24) is 0 Å². The highest BCUT2D eigenvalue weighted by Gasteiger charge is 2.40. The lowest BCUT2D eigenvalue weighted by molar-refractivity contribution is -0.120. The Morgan fingerprint density at radius 2 is 1.71 bits per heavy atom. The van der Waals surface area contributed by atoms with E-state index in [4.69, 9.17) is 14.2 Å². The zero-order chi connectivity index (χ0) is 23.7. The number of anilines is 2. The fraction of sp³-hybridized carbons (Fsp3) is 0.154. The lowest BCUT2D eigenvalue weighted by Gasteiger charge is -2.19. The van der Waals surface area contributed by atoms with Crippen LogP contribution >= 0.6 is 0 Å². The number of carbonyl (C=O) groups excluding carboxylic acids is 2. The Morgan fingerprint density at radius 1 is 0.941 bits per heavy atom. The average Bonchev–Trinajstić information content (AvgIpc) is 3.09. The monoisotopic (exact) mass is 460 g/mol. The Kier molecular flexibility index (Phi) is 5.63. The SMILES string of the molecule is CCOc1ccc(C2=C(Nc3ccc4c(c3)OCCO4)C(=O)N(c3cccc(F)c3)C2=O)cc1. The van der Waals surface area contributed by atoms with Crippen molar-refractivity contribution < 1.29 is 28.2 Å². The van der Waals surface area contributed by atoms with Crippen molar-refractivity contribution in [2.75, 3.05) is 30.0 Å². The van der Waals surface area contributed by atoms with Gasteiger partial charge in [-0.15, -0.1) is 0 Å². The third-order valence-electron chi connectivity index (χ3n) is 5.42. The Morgan fingerprint density at radius 3 is 2.44 bits per heavy atom. The van der Waals surface area contributed by atoms with Crippen molar-refractivity contribution in [3.8, 4) is 17.2 Å². The lowest BCUT2D eigenvalue weighted by Crippen LogP contribution is -2.32. The molecule has 0 aliphatic carbocycles. The van der Waals surface area contributed by atoms with Crippen LogP contribution < -0.4 is 24.4 Å². The minimum atomic E-state index is -0.589. The van der Waals surface area contributed by atoms with Crippen molar-refractivity contribution in [1.29, 1.82) is 0 Å². The Balaban J connectivity index is 1.57. The fourth-order valence-electron chi connectivity index (χ4n) is 3.91. The first kappa shape index (κ1) is 21.5. The van der Waals surface area contributed by atoms with Gasteiger partial charge >= 0.3 is 0 Å². The summed E-state index contributed by atoms with van der Waals surface area (Å²) in [4.78, 5) is 27.9. The van der Waals surface area contributed by atoms with Crippen LogP contribution in [0.1, 0.15) is 12.5 Å². The van der Waals surface area contributed by atoms with Gasteiger partial charge in [0.1, 0.15) is 30.5 Å². The number of benzene rings is 3. The van der Waals surface area contributed by atoms with E-state index in [1.807, 2.05) is 6.92 Å². The van der Waals surface area contributed by atoms with Crippen LogP contribution in [-0.2, 0) is 9.59 Å². The van der Waals surface area contributed by atoms with E-state index in [2.05, 4.69) is 5.32 Å². The van der Waals surface area contributed by atoms with Gasteiger partial charge in [0.05, 0.1) is 17.9 Å². The molecule has 2 aliphatic rings. The number of nitrogens with one attached hydrogen (secondary N) is 1. The molecule has 3 aromatic carbocycles. The predicted molar refractivity (Wildman–Crippen MR) is 124 cm³/mol. The van der Waals surface area contributed by atoms with E-state index in [1.165, 1.54) is 18.2 Å². The largest absolute Gasteiger partial charge is 0.494 e. The molecule has 5 rings (SSSR count). The summed E-state index contributed by atoms with van der Waals surface area (Å²) in [5.74, 6) is 0.0982. The van der Waals surface area contributed by atoms with Crippen LogP contribution in [0.25, 0.3) is 5.57 Å². The molecule has 0 spiro atoms. The predicted octanol–water partition coefficient (Wildman–Crippen LogP) is 4.39. The molecule has 0 fully saturated rings. The lowest BCUT2D eigenvalue weighted by atomic mass is 10.0. The van der Waals surface area contributed by atoms with Crippen molar-refractivity contribution in [2.45, 2.75) is 6.92 Å². The molecule has 34 heavy (non-hydrogen) atoms. The highest BCUT2D eigenvalue weighted by Crippen LogP contribution is 2.37. The molecule has 7 nitrogen and oxygen atoms in total. The molecule has 2 heterocycles. The highest BCUT2D eigenvalue weighted by molar-refractivity contribution is 6.46. The van der Waals surface area contributed by atoms with Crippen molar-refractivity contribution in [3.63, 3.8) is 0 Å². The number of amides is 2. The number of fused-ring (bicyclic) bond motifs is 1. The van der Waals surface area contributed by atoms with Crippen LogP contribution in [0.5, 0.6) is 17.2 Å². The van der Waals surface area contributed by atoms with Gasteiger partial charge in [-0.3, -0.25) is 9.59 Å². The van der Waals surface area contributed by atoms with Crippen LogP contribution in [0.2, 0.25) is 0 Å². The zero-order valence-electron chi connectivity index (χ0n) is 18.3. The number of nitrogens with zero attached hydrogens (tertiary/aromatic N) is 1. The van der Waals surface area contributed by atoms with E-state index in [0.29, 0.717) is 48.3 Å². The van der Waals surface area contributed by atoms with Gasteiger partial charge in [0, 0.05) is 11.8 Å². The number of carbonyl (C=O) groups is 2. The molecule has 3 aromatic rings. The quantitative estimate of drug-likeness (QED) is 0.550. The van der Waals surface area contributed by atoms with Crippen LogP contribution in [0, 0.1) is 5.82 Å². The van der Waals surface area contributed by atoms with Crippen molar-refractivity contribution in [3.05, 3.63) is 83.8 Å². The summed E-state index contributed by atoms with van der Waals surface area (Å²) in [6.45, 7) is 3.26. The minimum absolute atomic E-state index is 0.0788. The standard InChI is InChI=1S/C26H21FN2O5/c1-2-32-20-9-6-16(7-10-20)23-24(28-18-8-11-21-22(15-18)34-13-12-33-21)26(31)29(25(23)30)19-5-3-4-17(27)14-19/h3-11,14-15,28H,2,12-13H2,1H3. The number of halogens is 1. The van der Waals surface area contributed by atoms with E-state index in [9.17, 15) is 14.0 Å². The molecule has 172 valence electrons. The molecule has 2 aliphatic heterocycles. The van der Waals surface area contributed by atoms with Gasteiger partial charge in [0.25, 0.3) is 11.8 Å². The van der Waals surface area contributed by atoms with Gasteiger partial charge in [-0.2, -0.15) is 0 Å². The van der Waals surface area contributed by atoms with Gasteiger partial charge in [-0.1, -0.05) is 18.2 Å². The van der Waals surface area contributed by atoms with E-state index >= 15 is 0 Å². The summed E-state index contributed by atoms with van der Waals surface area (Å²) in [5.41, 5.74) is 1.48. The normalized spacial score (nSPS) is 15.1. The van der Waals surface area contributed by atoms with Crippen molar-refractivity contribution in [2.24, 2.45) is 0 Å². The summed E-state index contributed by atoms with van der Waals surface area (Å²) in [6.07, 6.45) is 0. The van der Waals surface area contributed by atoms with E-state index in [-0.39, 0.29) is 17.0 Å². The maximum absolute atomic E-state index is 13.9. The van der Waals surface area contributed by atoms with E-state index in [1.54, 1.807) is 42.5 Å². The Labute approximate surface area is 195 Å². The number of rotatable bonds is 6. The summed E-state index contributed by atoms with van der Waals surface area (Å²) < 4.78 is 30.6. The molecule has 0 radical (unpaired) electrons. The summed E-state index contributed by atoms with van der Waals surface area (Å²) >= 11 is 0. The Bertz CT molecular complexity index is 1300. The molecule has 2 amide bonds. The number of ether oxygens (including phenoxy) is 3. The summed E-state index contributed by atoms with van der Waals surface area (Å²) in [6, 6.07) is 17.4. The summed E-state index contributed by atoms with van der Waals surface area (Å²) in [5, 5.41) is 3.08. The van der Waals surface area contributed by atoms with E-state index in [0.717, 1.165) is 11.0 Å². The first-order valence-electron chi connectivity index (χ1n) is 10.8. The second-order valence-corrected chi connectivity index (χ2v) is 7.62. The first-order valence-corrected chi connectivity index (χ1v) is 10.8. The maximum Gasteiger partial charge on any atom is 0.282 e. The van der Waals surface area contributed by atoms with Crippen LogP contribution in [-0.4, -0.2) is 31.6 Å². The number of imide groups is 1. The molecule has 0 saturated carbocycles. The van der Waals surface area contributed by atoms with Crippen LogP contribution in [0.15, 0.2) is 72.4 Å². The van der Waals surface area contributed by atoms with Gasteiger partial charge < -0.3 is 19.5 Å². The Hall–Kier alpha value is -4.33. The maximum atomic E-state index is 13.9. The van der Waals surface area contributed by atoms with Gasteiger partial charge in [-0.25, -0.2) is 9.29 Å². The topological polar surface area (TPSA) is 77.1 Å². The van der Waals surface area contributed by atoms with Gasteiger partial charge in [0.15, 0.2) is 11.5 Å². The molecule has 0 saturated heterocycles. The molecular weight excluding hydrogens is 439 g/mol. The summed E-state index contributed by atoms with van der Waals surface area (Å²) in [7, 11) is 0. The third kappa shape index (κ3) is 3.94. The van der Waals surface area contributed by atoms with Gasteiger partial charge in [-0.05, 0) is 55.0 Å². The van der Waals surface area contributed by atoms with Crippen LogP contribution in [0.4, 0.5) is 15.8 Å². The third-order valence-corrected chi connectivity index (χ3v) is 5.42. The zero-order valence-corrected chi connectivity index (χ0v) is 18.3. The molecule has 1 N–H and O–H groups in total. The second-order valence-electron chi connectivity index (χ2n) is 7.62. The van der Waals surface area contributed by atoms with Crippen molar-refractivity contribution >= 4 is 28.8 Å². The van der Waals surface area contributed by atoms with Gasteiger partial charge in [0.2, 0.25) is 0 Å². The highest BCUT2D eigenvalue weighted by atomic mass is 19.1. The first-order chi connectivity index (χ1) is 16.5. The molecule has 8 heteroatoms. The fourth-order valence-corrected chi connectivity index (χ4v) is 3.91. The number of hydrogen-bond acceptors (Lipinski definition) is 6. The number of hydrogen-bond donors (Lipinski definition) is 1. The molecule has 0 unspecified atom stereocenters. The smallest absolute Gasteiger partial charge is 0.282 e. The molecule has 0 atom stereocenters. The molecule has 0 aromatic heterocycles. The minimum Gasteiger partial charge on any atom is -0.494 e. The molecule has 0 bridgehead atoms. The molecular formula is C26H21FN2O5. The van der Waals surface area contributed by atoms with E-state index < -0.39 is 17.6 Å². The average molecular weight is 460 g/mol. The van der Waals surface area contributed by atoms with Crippen LogP contribution in [0.3, 0.4) is 0 Å². The second kappa shape index (κ2) is 8.90.